The van der Waals surface area contributed by atoms with E-state index < -0.39 is 11.9 Å². The van der Waals surface area contributed by atoms with Gasteiger partial charge in [-0.15, -0.1) is 0 Å². The molecule has 0 spiro atoms. The summed E-state index contributed by atoms with van der Waals surface area (Å²) in [6.45, 7) is 4.19. The summed E-state index contributed by atoms with van der Waals surface area (Å²) in [6, 6.07) is -0.532. The molecule has 1 aliphatic heterocycles. The van der Waals surface area contributed by atoms with Crippen LogP contribution in [0.5, 0.6) is 0 Å². The number of thioether (sulfide) groups is 1. The molecule has 2 atom stereocenters. The van der Waals surface area contributed by atoms with Crippen LogP contribution < -0.4 is 16.4 Å². The Morgan fingerprint density at radius 2 is 2.05 bits per heavy atom. The fraction of sp³-hybridized carbons (Fsp3) is 0.857. The first-order chi connectivity index (χ1) is 9.54. The second kappa shape index (κ2) is 9.23. The maximum atomic E-state index is 12.0. The Hall–Kier alpha value is -0.750. The van der Waals surface area contributed by atoms with Crippen molar-refractivity contribution in [2.45, 2.75) is 38.6 Å². The third kappa shape index (κ3) is 6.13. The average Bonchev–Trinajstić information content (AvgIpc) is 2.44. The first-order valence-corrected chi connectivity index (χ1v) is 8.72. The molecular weight excluding hydrogens is 274 g/mol. The van der Waals surface area contributed by atoms with E-state index in [0.29, 0.717) is 24.7 Å². The van der Waals surface area contributed by atoms with E-state index in [9.17, 15) is 9.59 Å². The van der Waals surface area contributed by atoms with Gasteiger partial charge in [0.1, 0.15) is 6.04 Å². The lowest BCUT2D eigenvalue weighted by atomic mass is 9.84. The topological polar surface area (TPSA) is 84.2 Å². The molecule has 1 heterocycles. The van der Waals surface area contributed by atoms with Crippen molar-refractivity contribution in [1.82, 2.24) is 10.6 Å². The Balaban J connectivity index is 2.37. The number of hydrogen-bond donors (Lipinski definition) is 3. The number of primary amides is 1. The number of nitrogens with one attached hydrogen (secondary N) is 2. The van der Waals surface area contributed by atoms with Gasteiger partial charge >= 0.3 is 0 Å². The molecule has 1 unspecified atom stereocenters. The van der Waals surface area contributed by atoms with E-state index in [1.165, 1.54) is 0 Å². The van der Waals surface area contributed by atoms with Crippen LogP contribution in [-0.2, 0) is 9.59 Å². The summed E-state index contributed by atoms with van der Waals surface area (Å²) >= 11 is 1.65. The molecule has 116 valence electrons. The molecule has 2 amide bonds. The Bertz CT molecular complexity index is 320. The van der Waals surface area contributed by atoms with Crippen LogP contribution in [0.2, 0.25) is 0 Å². The molecule has 20 heavy (non-hydrogen) atoms. The minimum atomic E-state index is -0.532. The van der Waals surface area contributed by atoms with Gasteiger partial charge in [-0.3, -0.25) is 9.59 Å². The van der Waals surface area contributed by atoms with E-state index in [1.807, 2.05) is 6.26 Å². The molecular formula is C14H27N3O2S. The number of carbonyl (C=O) groups is 2. The molecule has 0 aliphatic carbocycles. The standard InChI is InChI=1S/C14H27N3O2S/c1-10(11-3-6-16-7-4-11)9-13(18)17-12(14(15)19)5-8-20-2/h10-12,16H,3-9H2,1-2H3,(H2,15,19)(H,17,18)/t10?,12-/m0/s1. The lowest BCUT2D eigenvalue weighted by Gasteiger charge is -2.28. The van der Waals surface area contributed by atoms with E-state index in [4.69, 9.17) is 5.73 Å². The smallest absolute Gasteiger partial charge is 0.240 e. The Kier molecular flexibility index (Phi) is 7.99. The van der Waals surface area contributed by atoms with Gasteiger partial charge in [0, 0.05) is 6.42 Å². The summed E-state index contributed by atoms with van der Waals surface area (Å²) in [5, 5.41) is 6.11. The molecule has 6 heteroatoms. The maximum absolute atomic E-state index is 12.0. The third-order valence-electron chi connectivity index (χ3n) is 3.99. The zero-order chi connectivity index (χ0) is 15.0. The highest BCUT2D eigenvalue weighted by molar-refractivity contribution is 7.98. The molecule has 0 aromatic carbocycles. The van der Waals surface area contributed by atoms with E-state index in [-0.39, 0.29) is 5.91 Å². The van der Waals surface area contributed by atoms with Crippen molar-refractivity contribution in [2.24, 2.45) is 17.6 Å². The van der Waals surface area contributed by atoms with Crippen LogP contribution >= 0.6 is 11.8 Å². The van der Waals surface area contributed by atoms with Gasteiger partial charge in [-0.05, 0) is 56.2 Å². The summed E-state index contributed by atoms with van der Waals surface area (Å²) in [7, 11) is 0. The van der Waals surface area contributed by atoms with Crippen LogP contribution in [0.3, 0.4) is 0 Å². The number of carbonyl (C=O) groups excluding carboxylic acids is 2. The largest absolute Gasteiger partial charge is 0.368 e. The maximum Gasteiger partial charge on any atom is 0.240 e. The Morgan fingerprint density at radius 3 is 2.60 bits per heavy atom. The molecule has 0 saturated carbocycles. The van der Waals surface area contributed by atoms with E-state index >= 15 is 0 Å². The third-order valence-corrected chi connectivity index (χ3v) is 4.63. The summed E-state index contributed by atoms with van der Waals surface area (Å²) < 4.78 is 0. The van der Waals surface area contributed by atoms with Crippen LogP contribution in [0.4, 0.5) is 0 Å². The molecule has 1 saturated heterocycles. The van der Waals surface area contributed by atoms with Gasteiger partial charge in [0.25, 0.3) is 0 Å². The fourth-order valence-corrected chi connectivity index (χ4v) is 3.12. The molecule has 0 aromatic rings. The minimum Gasteiger partial charge on any atom is -0.368 e. The molecule has 1 aliphatic rings. The van der Waals surface area contributed by atoms with Crippen LogP contribution in [0.25, 0.3) is 0 Å². The van der Waals surface area contributed by atoms with Gasteiger partial charge in [-0.1, -0.05) is 6.92 Å². The Morgan fingerprint density at radius 1 is 1.40 bits per heavy atom. The molecule has 1 rings (SSSR count). The summed E-state index contributed by atoms with van der Waals surface area (Å²) in [5.41, 5.74) is 5.33. The van der Waals surface area contributed by atoms with Crippen molar-refractivity contribution in [2.75, 3.05) is 25.1 Å². The number of piperidine rings is 1. The summed E-state index contributed by atoms with van der Waals surface area (Å²) in [6.07, 6.45) is 5.30. The van der Waals surface area contributed by atoms with Gasteiger partial charge < -0.3 is 16.4 Å². The second-order valence-corrected chi connectivity index (χ2v) is 6.56. The molecule has 0 bridgehead atoms. The van der Waals surface area contributed by atoms with Crippen LogP contribution in [-0.4, -0.2) is 43.0 Å². The summed E-state index contributed by atoms with van der Waals surface area (Å²) in [4.78, 5) is 23.4. The molecule has 0 radical (unpaired) electrons. The van der Waals surface area contributed by atoms with Crippen molar-refractivity contribution in [1.29, 1.82) is 0 Å². The van der Waals surface area contributed by atoms with Crippen molar-refractivity contribution in [3.05, 3.63) is 0 Å². The van der Waals surface area contributed by atoms with Gasteiger partial charge in [0.15, 0.2) is 0 Å². The number of nitrogens with two attached hydrogens (primary N) is 1. The number of amides is 2. The highest BCUT2D eigenvalue weighted by Crippen LogP contribution is 2.24. The quantitative estimate of drug-likeness (QED) is 0.617. The van der Waals surface area contributed by atoms with Crippen molar-refractivity contribution in [3.63, 3.8) is 0 Å². The highest BCUT2D eigenvalue weighted by atomic mass is 32.2. The zero-order valence-electron chi connectivity index (χ0n) is 12.5. The van der Waals surface area contributed by atoms with Gasteiger partial charge in [-0.25, -0.2) is 0 Å². The normalized spacial score (nSPS) is 19.3. The monoisotopic (exact) mass is 301 g/mol. The first kappa shape index (κ1) is 17.3. The SMILES string of the molecule is CSCC[C@H](NC(=O)CC(C)C1CCNCC1)C(N)=O. The molecule has 0 aromatic heterocycles. The van der Waals surface area contributed by atoms with Crippen molar-refractivity contribution < 1.29 is 9.59 Å². The van der Waals surface area contributed by atoms with E-state index in [2.05, 4.69) is 17.6 Å². The van der Waals surface area contributed by atoms with Crippen molar-refractivity contribution in [3.8, 4) is 0 Å². The molecule has 5 nitrogen and oxygen atoms in total. The number of rotatable bonds is 8. The summed E-state index contributed by atoms with van der Waals surface area (Å²) in [5.74, 6) is 1.27. The first-order valence-electron chi connectivity index (χ1n) is 7.33. The van der Waals surface area contributed by atoms with Gasteiger partial charge in [0.2, 0.25) is 11.8 Å². The Labute approximate surface area is 125 Å². The fourth-order valence-electron chi connectivity index (χ4n) is 2.65. The molecule has 1 fully saturated rings. The highest BCUT2D eigenvalue weighted by Gasteiger charge is 2.24. The van der Waals surface area contributed by atoms with Crippen LogP contribution in [0.15, 0.2) is 0 Å². The van der Waals surface area contributed by atoms with E-state index in [0.717, 1.165) is 31.7 Å². The van der Waals surface area contributed by atoms with Crippen LogP contribution in [0.1, 0.15) is 32.6 Å². The lowest BCUT2D eigenvalue weighted by molar-refractivity contribution is -0.128. The second-order valence-electron chi connectivity index (χ2n) is 5.57. The van der Waals surface area contributed by atoms with Crippen LogP contribution in [0, 0.1) is 11.8 Å². The van der Waals surface area contributed by atoms with Gasteiger partial charge in [-0.2, -0.15) is 11.8 Å². The lowest BCUT2D eigenvalue weighted by Crippen LogP contribution is -2.45. The predicted octanol–water partition coefficient (Wildman–Crippen LogP) is 0.735. The number of hydrogen-bond acceptors (Lipinski definition) is 4. The average molecular weight is 301 g/mol. The predicted molar refractivity (Wildman–Crippen MR) is 83.5 cm³/mol. The van der Waals surface area contributed by atoms with E-state index in [1.54, 1.807) is 11.8 Å². The minimum absolute atomic E-state index is 0.0547. The van der Waals surface area contributed by atoms with Gasteiger partial charge in [0.05, 0.1) is 0 Å². The van der Waals surface area contributed by atoms with Crippen molar-refractivity contribution >= 4 is 23.6 Å². The zero-order valence-corrected chi connectivity index (χ0v) is 13.3. The molecule has 4 N–H and O–H groups in total.